The maximum Gasteiger partial charge on any atom is 0.409 e. The van der Waals surface area contributed by atoms with Crippen molar-refractivity contribution in [2.24, 2.45) is 5.92 Å². The van der Waals surface area contributed by atoms with Crippen LogP contribution < -0.4 is 0 Å². The number of carbonyl (C=O) groups excluding carboxylic acids is 1. The molecule has 0 aromatic carbocycles. The van der Waals surface area contributed by atoms with E-state index in [-0.39, 0.29) is 12.0 Å². The topological polar surface area (TPSA) is 62.7 Å². The fraction of sp³-hybridized carbons (Fsp3) is 0.429. The lowest BCUT2D eigenvalue weighted by molar-refractivity contribution is 0.0845. The lowest BCUT2D eigenvalue weighted by atomic mass is 9.95. The summed E-state index contributed by atoms with van der Waals surface area (Å²) in [6, 6.07) is 5.42. The van der Waals surface area contributed by atoms with Gasteiger partial charge in [-0.25, -0.2) is 4.79 Å². The van der Waals surface area contributed by atoms with Gasteiger partial charge in [-0.1, -0.05) is 12.1 Å². The zero-order valence-electron chi connectivity index (χ0n) is 10.7. The summed E-state index contributed by atoms with van der Waals surface area (Å²) < 4.78 is 4.89. The molecule has 5 heteroatoms. The second kappa shape index (κ2) is 6.33. The van der Waals surface area contributed by atoms with Crippen molar-refractivity contribution in [3.63, 3.8) is 0 Å². The quantitative estimate of drug-likeness (QED) is 0.793. The van der Waals surface area contributed by atoms with E-state index in [1.54, 1.807) is 29.3 Å². The van der Waals surface area contributed by atoms with E-state index in [2.05, 4.69) is 11.6 Å². The second-order valence-electron chi connectivity index (χ2n) is 4.54. The van der Waals surface area contributed by atoms with Gasteiger partial charge in [0.15, 0.2) is 0 Å². The number of aromatic nitrogens is 1. The molecule has 0 bridgehead atoms. The first kappa shape index (κ1) is 13.5. The number of aliphatic hydroxyl groups excluding tert-OH is 1. The molecule has 1 saturated heterocycles. The number of ether oxygens (including phenoxy) is 1. The molecule has 2 unspecified atom stereocenters. The normalized spacial score (nSPS) is 17.9. The summed E-state index contributed by atoms with van der Waals surface area (Å²) in [6.45, 7) is 5.14. The minimum absolute atomic E-state index is 0.127. The molecule has 1 fully saturated rings. The average molecular weight is 262 g/mol. The third-order valence-corrected chi connectivity index (χ3v) is 3.21. The number of aliphatic hydroxyl groups is 1. The van der Waals surface area contributed by atoms with Gasteiger partial charge >= 0.3 is 6.09 Å². The van der Waals surface area contributed by atoms with Crippen LogP contribution in [0, 0.1) is 5.92 Å². The molecule has 5 nitrogen and oxygen atoms in total. The molecule has 1 amide bonds. The third kappa shape index (κ3) is 3.32. The Morgan fingerprint density at radius 2 is 2.42 bits per heavy atom. The lowest BCUT2D eigenvalue weighted by Gasteiger charge is -2.25. The fourth-order valence-corrected chi connectivity index (χ4v) is 2.18. The Bertz CT molecular complexity index is 436. The molecular formula is C14H18N2O3. The van der Waals surface area contributed by atoms with Gasteiger partial charge in [-0.3, -0.25) is 4.98 Å². The molecule has 1 aliphatic heterocycles. The first-order valence-electron chi connectivity index (χ1n) is 6.34. The Labute approximate surface area is 112 Å². The van der Waals surface area contributed by atoms with Gasteiger partial charge in [-0.2, -0.15) is 0 Å². The van der Waals surface area contributed by atoms with E-state index in [0.717, 1.165) is 0 Å². The van der Waals surface area contributed by atoms with E-state index >= 15 is 0 Å². The minimum Gasteiger partial charge on any atom is -0.448 e. The van der Waals surface area contributed by atoms with Crippen molar-refractivity contribution >= 4 is 6.09 Å². The Hall–Kier alpha value is -1.88. The molecule has 1 aromatic rings. The molecule has 0 spiro atoms. The van der Waals surface area contributed by atoms with E-state index in [1.165, 1.54) is 0 Å². The number of amides is 1. The van der Waals surface area contributed by atoms with Crippen LogP contribution in [0.2, 0.25) is 0 Å². The van der Waals surface area contributed by atoms with E-state index in [4.69, 9.17) is 4.74 Å². The average Bonchev–Trinajstić information content (AvgIpc) is 2.84. The molecule has 2 atom stereocenters. The van der Waals surface area contributed by atoms with Gasteiger partial charge in [0.05, 0.1) is 12.2 Å². The van der Waals surface area contributed by atoms with Gasteiger partial charge in [0.1, 0.15) is 12.7 Å². The maximum atomic E-state index is 11.5. The summed E-state index contributed by atoms with van der Waals surface area (Å²) in [7, 11) is 0. The summed E-state index contributed by atoms with van der Waals surface area (Å²) in [5.41, 5.74) is 0.613. The molecule has 1 aliphatic rings. The SMILES string of the molecule is C=CCC(CN1CCOC1=O)C(O)c1ccccn1. The number of carbonyl (C=O) groups is 1. The molecule has 1 aromatic heterocycles. The monoisotopic (exact) mass is 262 g/mol. The van der Waals surface area contributed by atoms with Crippen LogP contribution in [0.25, 0.3) is 0 Å². The number of cyclic esters (lactones) is 1. The molecule has 1 N–H and O–H groups in total. The molecule has 2 rings (SSSR count). The number of hydrogen-bond donors (Lipinski definition) is 1. The summed E-state index contributed by atoms with van der Waals surface area (Å²) in [5, 5.41) is 10.4. The van der Waals surface area contributed by atoms with Crippen LogP contribution in [0.15, 0.2) is 37.1 Å². The molecule has 0 radical (unpaired) electrons. The molecule has 102 valence electrons. The fourth-order valence-electron chi connectivity index (χ4n) is 2.18. The van der Waals surface area contributed by atoms with Gasteiger partial charge in [0, 0.05) is 18.7 Å². The second-order valence-corrected chi connectivity index (χ2v) is 4.54. The standard InChI is InChI=1S/C14H18N2O3/c1-2-5-11(10-16-8-9-19-14(16)18)13(17)12-6-3-4-7-15-12/h2-4,6-7,11,13,17H,1,5,8-10H2. The van der Waals surface area contributed by atoms with Crippen molar-refractivity contribution < 1.29 is 14.6 Å². The Kier molecular flexibility index (Phi) is 4.52. The summed E-state index contributed by atoms with van der Waals surface area (Å²) in [6.07, 6.45) is 2.97. The van der Waals surface area contributed by atoms with E-state index < -0.39 is 6.10 Å². The van der Waals surface area contributed by atoms with Gasteiger partial charge in [0.2, 0.25) is 0 Å². The number of hydrogen-bond acceptors (Lipinski definition) is 4. The van der Waals surface area contributed by atoms with Crippen LogP contribution in [-0.4, -0.2) is 40.8 Å². The highest BCUT2D eigenvalue weighted by atomic mass is 16.6. The van der Waals surface area contributed by atoms with Gasteiger partial charge in [-0.05, 0) is 18.6 Å². The van der Waals surface area contributed by atoms with E-state index in [0.29, 0.717) is 31.8 Å². The highest BCUT2D eigenvalue weighted by Gasteiger charge is 2.29. The van der Waals surface area contributed by atoms with Crippen molar-refractivity contribution in [2.75, 3.05) is 19.7 Å². The van der Waals surface area contributed by atoms with Gasteiger partial charge in [0.25, 0.3) is 0 Å². The molecule has 2 heterocycles. The number of allylic oxidation sites excluding steroid dienone is 1. The Morgan fingerprint density at radius 1 is 1.58 bits per heavy atom. The van der Waals surface area contributed by atoms with Crippen molar-refractivity contribution in [3.05, 3.63) is 42.7 Å². The minimum atomic E-state index is -0.715. The van der Waals surface area contributed by atoms with Crippen LogP contribution in [0.5, 0.6) is 0 Å². The predicted molar refractivity (Wildman–Crippen MR) is 70.4 cm³/mol. The molecule has 19 heavy (non-hydrogen) atoms. The van der Waals surface area contributed by atoms with Gasteiger partial charge < -0.3 is 14.7 Å². The highest BCUT2D eigenvalue weighted by Crippen LogP contribution is 2.25. The Morgan fingerprint density at radius 3 is 3.00 bits per heavy atom. The predicted octanol–water partition coefficient (Wildman–Crippen LogP) is 1.76. The zero-order chi connectivity index (χ0) is 13.7. The first-order chi connectivity index (χ1) is 9.22. The first-order valence-corrected chi connectivity index (χ1v) is 6.34. The number of rotatable bonds is 6. The maximum absolute atomic E-state index is 11.5. The molecule has 0 aliphatic carbocycles. The van der Waals surface area contributed by atoms with Crippen molar-refractivity contribution in [1.82, 2.24) is 9.88 Å². The van der Waals surface area contributed by atoms with Crippen LogP contribution in [0.1, 0.15) is 18.2 Å². The Balaban J connectivity index is 2.06. The largest absolute Gasteiger partial charge is 0.448 e. The lowest BCUT2D eigenvalue weighted by Crippen LogP contribution is -2.33. The molecular weight excluding hydrogens is 244 g/mol. The van der Waals surface area contributed by atoms with Crippen LogP contribution >= 0.6 is 0 Å². The number of pyridine rings is 1. The summed E-state index contributed by atoms with van der Waals surface area (Å²) in [4.78, 5) is 17.2. The third-order valence-electron chi connectivity index (χ3n) is 3.21. The zero-order valence-corrected chi connectivity index (χ0v) is 10.7. The summed E-state index contributed by atoms with van der Waals surface area (Å²) >= 11 is 0. The van der Waals surface area contributed by atoms with Crippen LogP contribution in [0.4, 0.5) is 4.79 Å². The smallest absolute Gasteiger partial charge is 0.409 e. The van der Waals surface area contributed by atoms with Gasteiger partial charge in [-0.15, -0.1) is 6.58 Å². The molecule has 0 saturated carbocycles. The van der Waals surface area contributed by atoms with Crippen molar-refractivity contribution in [1.29, 1.82) is 0 Å². The van der Waals surface area contributed by atoms with E-state index in [9.17, 15) is 9.90 Å². The van der Waals surface area contributed by atoms with E-state index in [1.807, 2.05) is 6.07 Å². The summed E-state index contributed by atoms with van der Waals surface area (Å²) in [5.74, 6) is -0.127. The van der Waals surface area contributed by atoms with Crippen LogP contribution in [-0.2, 0) is 4.74 Å². The van der Waals surface area contributed by atoms with Crippen molar-refractivity contribution in [3.8, 4) is 0 Å². The van der Waals surface area contributed by atoms with Crippen molar-refractivity contribution in [2.45, 2.75) is 12.5 Å². The van der Waals surface area contributed by atoms with Crippen LogP contribution in [0.3, 0.4) is 0 Å². The highest BCUT2D eigenvalue weighted by molar-refractivity contribution is 5.69. The number of nitrogens with zero attached hydrogens (tertiary/aromatic N) is 2.